The van der Waals surface area contributed by atoms with E-state index in [1.54, 1.807) is 42.2 Å². The van der Waals surface area contributed by atoms with Crippen LogP contribution in [-0.2, 0) is 9.53 Å². The molecule has 0 aliphatic heterocycles. The standard InChI is InChI=1S/C26H43F2N2O3P.C5H12/c1-7-9-20(13-18(5)25(10-11-25)26(27,28)34)19(6)30-23(8-2)24(32)16-33-15-21(12-17(3)4)22(29)14-31;1-4-5(2)3/h8-9,13,17,21-22,31H,7,10-12,14-16,29,34H2,1-6H3;5H,4H2,1-3H3/b18-13+,20-9-,23-8-,30-19-;. The third-order valence-corrected chi connectivity index (χ3v) is 7.73. The minimum atomic E-state index is -2.86. The van der Waals surface area contributed by atoms with Gasteiger partial charge >= 0.3 is 0 Å². The summed E-state index contributed by atoms with van der Waals surface area (Å²) in [7, 11) is 1.68. The van der Waals surface area contributed by atoms with Crippen LogP contribution < -0.4 is 5.73 Å². The molecule has 1 aliphatic carbocycles. The van der Waals surface area contributed by atoms with E-state index in [9.17, 15) is 18.7 Å². The Labute approximate surface area is 239 Å². The van der Waals surface area contributed by atoms with Gasteiger partial charge in [0, 0.05) is 11.8 Å². The molecule has 0 saturated heterocycles. The summed E-state index contributed by atoms with van der Waals surface area (Å²) in [6, 6.07) is -0.403. The molecule has 0 heterocycles. The summed E-state index contributed by atoms with van der Waals surface area (Å²) in [4.78, 5) is 17.2. The van der Waals surface area contributed by atoms with Gasteiger partial charge in [-0.05, 0) is 69.8 Å². The third kappa shape index (κ3) is 13.3. The number of allylic oxidation sites excluding steroid dienone is 5. The molecule has 0 amide bonds. The van der Waals surface area contributed by atoms with E-state index < -0.39 is 17.1 Å². The van der Waals surface area contributed by atoms with Crippen LogP contribution in [0.4, 0.5) is 8.78 Å². The monoisotopic (exact) mass is 572 g/mol. The van der Waals surface area contributed by atoms with Crippen LogP contribution in [0, 0.1) is 23.2 Å². The van der Waals surface area contributed by atoms with Crippen LogP contribution in [0.25, 0.3) is 0 Å². The first-order valence-corrected chi connectivity index (χ1v) is 14.9. The average molecular weight is 573 g/mol. The number of hydrogen-bond acceptors (Lipinski definition) is 5. The molecule has 39 heavy (non-hydrogen) atoms. The van der Waals surface area contributed by atoms with E-state index >= 15 is 0 Å². The Morgan fingerprint density at radius 2 is 1.74 bits per heavy atom. The average Bonchev–Trinajstić information content (AvgIpc) is 3.68. The Kier molecular flexibility index (Phi) is 17.6. The van der Waals surface area contributed by atoms with E-state index in [-0.39, 0.29) is 37.2 Å². The van der Waals surface area contributed by atoms with Crippen LogP contribution >= 0.6 is 9.24 Å². The highest BCUT2D eigenvalue weighted by Crippen LogP contribution is 2.64. The van der Waals surface area contributed by atoms with Gasteiger partial charge in [0.25, 0.3) is 5.66 Å². The van der Waals surface area contributed by atoms with Crippen molar-refractivity contribution in [2.24, 2.45) is 33.9 Å². The zero-order valence-corrected chi connectivity index (χ0v) is 27.0. The van der Waals surface area contributed by atoms with Crippen molar-refractivity contribution in [3.63, 3.8) is 0 Å². The fourth-order valence-corrected chi connectivity index (χ4v) is 4.57. The van der Waals surface area contributed by atoms with Crippen LogP contribution in [-0.4, -0.2) is 48.1 Å². The molecule has 0 bridgehead atoms. The number of alkyl halides is 2. The first-order chi connectivity index (χ1) is 18.1. The Hall–Kier alpha value is -1.27. The second-order valence-corrected chi connectivity index (χ2v) is 12.2. The van der Waals surface area contributed by atoms with Gasteiger partial charge in [-0.1, -0.05) is 81.0 Å². The van der Waals surface area contributed by atoms with Gasteiger partial charge in [0.2, 0.25) is 5.78 Å². The molecule has 0 radical (unpaired) electrons. The predicted octanol–water partition coefficient (Wildman–Crippen LogP) is 7.50. The maximum absolute atomic E-state index is 14.1. The second-order valence-electron chi connectivity index (χ2n) is 11.4. The number of nitrogens with zero attached hydrogens (tertiary/aromatic N) is 1. The Bertz CT molecular complexity index is 870. The maximum atomic E-state index is 14.1. The Morgan fingerprint density at radius 1 is 1.18 bits per heavy atom. The Balaban J connectivity index is 0.00000263. The molecule has 3 unspecified atom stereocenters. The van der Waals surface area contributed by atoms with Crippen LogP contribution in [0.2, 0.25) is 0 Å². The van der Waals surface area contributed by atoms with Crippen LogP contribution in [0.5, 0.6) is 0 Å². The Morgan fingerprint density at radius 3 is 2.13 bits per heavy atom. The van der Waals surface area contributed by atoms with E-state index in [1.807, 2.05) is 13.0 Å². The zero-order chi connectivity index (χ0) is 30.4. The van der Waals surface area contributed by atoms with Crippen molar-refractivity contribution in [3.8, 4) is 0 Å². The van der Waals surface area contributed by atoms with Gasteiger partial charge in [-0.15, -0.1) is 0 Å². The molecule has 226 valence electrons. The summed E-state index contributed by atoms with van der Waals surface area (Å²) in [5.41, 5.74) is 4.22. The van der Waals surface area contributed by atoms with Crippen LogP contribution in [0.1, 0.15) is 94.4 Å². The number of aliphatic hydroxyl groups excluding tert-OH is 1. The third-order valence-electron chi connectivity index (χ3n) is 7.18. The van der Waals surface area contributed by atoms with Gasteiger partial charge in [-0.2, -0.15) is 0 Å². The lowest BCUT2D eigenvalue weighted by Gasteiger charge is -2.24. The van der Waals surface area contributed by atoms with Crippen molar-refractivity contribution in [3.05, 3.63) is 35.1 Å². The first kappa shape index (κ1) is 37.7. The molecule has 0 aromatic carbocycles. The van der Waals surface area contributed by atoms with Crippen molar-refractivity contribution in [1.82, 2.24) is 0 Å². The van der Waals surface area contributed by atoms with Crippen LogP contribution in [0.15, 0.2) is 40.1 Å². The largest absolute Gasteiger partial charge is 0.395 e. The molecule has 0 aromatic heterocycles. The second kappa shape index (κ2) is 18.2. The SMILES string of the molecule is CCC(C)C.C\C=C(/N=C(C)\C(=C/CC)\C=C(/C)C1(C(F)(F)P)CC1)C(=O)COCC(CC(C)C)C(N)CO. The van der Waals surface area contributed by atoms with Crippen molar-refractivity contribution in [2.75, 3.05) is 19.8 Å². The fraction of sp³-hybridized carbons (Fsp3) is 0.742. The molecular weight excluding hydrogens is 517 g/mol. The fourth-order valence-electron chi connectivity index (χ4n) is 4.05. The number of carbonyl (C=O) groups is 1. The molecule has 0 aromatic rings. The minimum Gasteiger partial charge on any atom is -0.395 e. The lowest BCUT2D eigenvalue weighted by molar-refractivity contribution is -0.120. The van der Waals surface area contributed by atoms with Gasteiger partial charge in [0.15, 0.2) is 0 Å². The minimum absolute atomic E-state index is 0.0473. The predicted molar refractivity (Wildman–Crippen MR) is 164 cm³/mol. The molecule has 3 N–H and O–H groups in total. The molecule has 1 fully saturated rings. The number of Topliss-reactive ketones (excluding diaryl/α,β-unsaturated/α-hetero) is 1. The quantitative estimate of drug-likeness (QED) is 0.0868. The molecule has 5 nitrogen and oxygen atoms in total. The van der Waals surface area contributed by atoms with Crippen LogP contribution in [0.3, 0.4) is 0 Å². The highest BCUT2D eigenvalue weighted by atomic mass is 31.0. The number of nitrogens with two attached hydrogens (primary N) is 1. The van der Waals surface area contributed by atoms with Gasteiger partial charge < -0.3 is 15.6 Å². The van der Waals surface area contributed by atoms with E-state index in [1.165, 1.54) is 6.42 Å². The molecular formula is C31H55F2N2O3P. The van der Waals surface area contributed by atoms with E-state index in [0.717, 1.165) is 17.9 Å². The lowest BCUT2D eigenvalue weighted by Crippen LogP contribution is -2.37. The van der Waals surface area contributed by atoms with E-state index in [2.05, 4.69) is 39.6 Å². The zero-order valence-electron chi connectivity index (χ0n) is 25.8. The van der Waals surface area contributed by atoms with Gasteiger partial charge in [0.1, 0.15) is 12.3 Å². The summed E-state index contributed by atoms with van der Waals surface area (Å²) >= 11 is 0. The molecule has 1 rings (SSSR count). The summed E-state index contributed by atoms with van der Waals surface area (Å²) in [5, 5.41) is 9.38. The molecule has 1 aliphatic rings. The summed E-state index contributed by atoms with van der Waals surface area (Å²) in [5.74, 6) is 0.958. The normalized spacial score (nSPS) is 18.2. The smallest absolute Gasteiger partial charge is 0.268 e. The number of ether oxygens (including phenoxy) is 1. The van der Waals surface area contributed by atoms with Crippen molar-refractivity contribution in [1.29, 1.82) is 0 Å². The number of halogens is 2. The highest BCUT2D eigenvalue weighted by molar-refractivity contribution is 7.18. The van der Waals surface area contributed by atoms with Gasteiger partial charge in [-0.25, -0.2) is 13.8 Å². The van der Waals surface area contributed by atoms with Crippen molar-refractivity contribution >= 4 is 20.7 Å². The topological polar surface area (TPSA) is 84.9 Å². The molecule has 0 spiro atoms. The highest BCUT2D eigenvalue weighted by Gasteiger charge is 2.60. The van der Waals surface area contributed by atoms with Gasteiger partial charge in [0.05, 0.1) is 18.6 Å². The van der Waals surface area contributed by atoms with Gasteiger partial charge in [-0.3, -0.25) is 4.79 Å². The number of carbonyl (C=O) groups excluding carboxylic acids is 1. The number of aliphatic hydroxyl groups is 1. The summed E-state index contributed by atoms with van der Waals surface area (Å²) in [6.07, 6.45) is 9.04. The van der Waals surface area contributed by atoms with Crippen molar-refractivity contribution < 1.29 is 23.4 Å². The number of aliphatic imine (C=N–C) groups is 1. The van der Waals surface area contributed by atoms with Crippen molar-refractivity contribution in [2.45, 2.75) is 106 Å². The number of rotatable bonds is 16. The summed E-state index contributed by atoms with van der Waals surface area (Å²) < 4.78 is 33.9. The molecule has 3 atom stereocenters. The lowest BCUT2D eigenvalue weighted by atomic mass is 9.92. The number of hydrogen-bond donors (Lipinski definition) is 2. The summed E-state index contributed by atoms with van der Waals surface area (Å²) in [6.45, 7) is 18.0. The first-order valence-electron chi connectivity index (χ1n) is 14.3. The number of ketones is 1. The maximum Gasteiger partial charge on any atom is 0.268 e. The molecule has 8 heteroatoms. The molecule has 1 saturated carbocycles. The van der Waals surface area contributed by atoms with E-state index in [0.29, 0.717) is 36.5 Å². The van der Waals surface area contributed by atoms with E-state index in [4.69, 9.17) is 10.5 Å².